The van der Waals surface area contributed by atoms with E-state index in [1.165, 1.54) is 29.2 Å². The third kappa shape index (κ3) is 3.42. The number of nitrogens with one attached hydrogen (secondary N) is 1. The van der Waals surface area contributed by atoms with Crippen LogP contribution in [-0.4, -0.2) is 31.3 Å². The zero-order valence-corrected chi connectivity index (χ0v) is 12.0. The number of halogens is 1. The minimum atomic E-state index is -0.552. The van der Waals surface area contributed by atoms with Gasteiger partial charge in [0.25, 0.3) is 0 Å². The Hall–Kier alpha value is -1.75. The Morgan fingerprint density at radius 3 is 2.65 bits per heavy atom. The quantitative estimate of drug-likeness (QED) is 0.654. The molecule has 1 heterocycles. The van der Waals surface area contributed by atoms with Gasteiger partial charge in [0.2, 0.25) is 0 Å². The fourth-order valence-corrected chi connectivity index (χ4v) is 2.36. The summed E-state index contributed by atoms with van der Waals surface area (Å²) in [6.07, 6.45) is 0.823. The summed E-state index contributed by atoms with van der Waals surface area (Å²) in [5.74, 6) is -0.635. The highest BCUT2D eigenvalue weighted by Crippen LogP contribution is 2.10. The lowest BCUT2D eigenvalue weighted by Gasteiger charge is -2.31. The Bertz CT molecular complexity index is 513. The van der Waals surface area contributed by atoms with Crippen molar-refractivity contribution < 1.29 is 18.9 Å². The highest BCUT2D eigenvalue weighted by Gasteiger charge is 2.29. The summed E-state index contributed by atoms with van der Waals surface area (Å²) in [6, 6.07) is 5.71. The van der Waals surface area contributed by atoms with Crippen LogP contribution in [0.15, 0.2) is 29.4 Å². The number of carbonyl (C=O) groups excluding carboxylic acids is 1. The minimum absolute atomic E-state index is 0.298. The molecule has 3 atom stereocenters. The van der Waals surface area contributed by atoms with E-state index in [0.29, 0.717) is 17.5 Å². The van der Waals surface area contributed by atoms with Gasteiger partial charge in [0.15, 0.2) is 0 Å². The Kier molecular flexibility index (Phi) is 4.49. The summed E-state index contributed by atoms with van der Waals surface area (Å²) in [4.78, 5) is 18.2. The van der Waals surface area contributed by atoms with Gasteiger partial charge < -0.3 is 9.74 Å². The van der Waals surface area contributed by atoms with Gasteiger partial charge in [-0.1, -0.05) is 12.1 Å². The van der Waals surface area contributed by atoms with Gasteiger partial charge in [-0.3, -0.25) is 0 Å². The van der Waals surface area contributed by atoms with E-state index >= 15 is 0 Å². The van der Waals surface area contributed by atoms with Crippen molar-refractivity contribution in [3.63, 3.8) is 0 Å². The number of quaternary nitrogens is 1. The van der Waals surface area contributed by atoms with E-state index < -0.39 is 5.97 Å². The van der Waals surface area contributed by atoms with Crippen LogP contribution in [0.5, 0.6) is 0 Å². The molecule has 5 heteroatoms. The third-order valence-electron chi connectivity index (χ3n) is 3.88. The maximum absolute atomic E-state index is 12.8. The fourth-order valence-electron chi connectivity index (χ4n) is 2.36. The Balaban J connectivity index is 2.01. The molecule has 2 rings (SSSR count). The van der Waals surface area contributed by atoms with Crippen molar-refractivity contribution in [3.05, 3.63) is 35.6 Å². The van der Waals surface area contributed by atoms with Gasteiger partial charge in [-0.15, -0.1) is 0 Å². The number of piperidine rings is 1. The number of hydrogen-bond donors (Lipinski definition) is 1. The summed E-state index contributed by atoms with van der Waals surface area (Å²) in [7, 11) is 2.16. The summed E-state index contributed by atoms with van der Waals surface area (Å²) >= 11 is 0. The summed E-state index contributed by atoms with van der Waals surface area (Å²) in [6.45, 7) is 5.21. The molecule has 0 aromatic heterocycles. The Morgan fingerprint density at radius 2 is 2.00 bits per heavy atom. The average Bonchev–Trinajstić information content (AvgIpc) is 2.42. The lowest BCUT2D eigenvalue weighted by molar-refractivity contribution is -0.908. The van der Waals surface area contributed by atoms with E-state index in [2.05, 4.69) is 26.1 Å². The first-order chi connectivity index (χ1) is 9.47. The molecular weight excluding hydrogens is 259 g/mol. The molecule has 0 amide bonds. The van der Waals surface area contributed by atoms with Gasteiger partial charge in [-0.25, -0.2) is 9.18 Å². The molecular formula is C15H20FN2O2+. The van der Waals surface area contributed by atoms with Crippen LogP contribution in [0.2, 0.25) is 0 Å². The monoisotopic (exact) mass is 279 g/mol. The zero-order chi connectivity index (χ0) is 14.7. The second kappa shape index (κ2) is 6.13. The topological polar surface area (TPSA) is 43.1 Å². The molecule has 0 radical (unpaired) electrons. The molecule has 0 spiro atoms. The van der Waals surface area contributed by atoms with Gasteiger partial charge in [0, 0.05) is 12.3 Å². The second-order valence-electron chi connectivity index (χ2n) is 5.52. The number of carbonyl (C=O) groups is 1. The fraction of sp³-hybridized carbons (Fsp3) is 0.467. The number of benzene rings is 1. The molecule has 0 saturated carbocycles. The van der Waals surface area contributed by atoms with Crippen LogP contribution in [-0.2, 0) is 4.84 Å². The maximum Gasteiger partial charge on any atom is 0.365 e. The van der Waals surface area contributed by atoms with E-state index in [-0.39, 0.29) is 5.82 Å². The number of hydrogen-bond acceptors (Lipinski definition) is 3. The van der Waals surface area contributed by atoms with E-state index in [1.54, 1.807) is 0 Å². The molecule has 20 heavy (non-hydrogen) atoms. The summed E-state index contributed by atoms with van der Waals surface area (Å²) in [5, 5.41) is 4.01. The van der Waals surface area contributed by atoms with Crippen LogP contribution in [0, 0.1) is 11.7 Å². The molecule has 0 bridgehead atoms. The van der Waals surface area contributed by atoms with Crippen molar-refractivity contribution in [1.82, 2.24) is 0 Å². The molecule has 1 fully saturated rings. The standard InChI is InChI=1S/C15H19FN2O2/c1-10-9-18(3)11(2)8-14(10)17-20-15(19)12-4-6-13(16)7-5-12/h4-7,10-11H,8-9H2,1-3H3/p+1/b17-14-/t10-,11-/m0/s1. The van der Waals surface area contributed by atoms with Crippen molar-refractivity contribution >= 4 is 11.7 Å². The third-order valence-corrected chi connectivity index (χ3v) is 3.88. The number of rotatable bonds is 2. The minimum Gasteiger partial charge on any atom is -0.334 e. The van der Waals surface area contributed by atoms with Crippen LogP contribution >= 0.6 is 0 Å². The van der Waals surface area contributed by atoms with Gasteiger partial charge in [-0.2, -0.15) is 0 Å². The van der Waals surface area contributed by atoms with Gasteiger partial charge in [0.05, 0.1) is 30.9 Å². The highest BCUT2D eigenvalue weighted by molar-refractivity contribution is 5.91. The molecule has 1 aliphatic rings. The zero-order valence-electron chi connectivity index (χ0n) is 12.0. The normalized spacial score (nSPS) is 28.4. The summed E-state index contributed by atoms with van der Waals surface area (Å²) < 4.78 is 12.8. The van der Waals surface area contributed by atoms with Crippen molar-refractivity contribution in [3.8, 4) is 0 Å². The molecule has 1 N–H and O–H groups in total. The average molecular weight is 279 g/mol. The van der Waals surface area contributed by atoms with E-state index in [4.69, 9.17) is 4.84 Å². The number of likely N-dealkylation sites (tertiary alicyclic amines) is 1. The molecule has 108 valence electrons. The molecule has 1 aromatic carbocycles. The van der Waals surface area contributed by atoms with Crippen LogP contribution in [0.3, 0.4) is 0 Å². The van der Waals surface area contributed by atoms with Gasteiger partial charge in [0.1, 0.15) is 5.82 Å². The smallest absolute Gasteiger partial charge is 0.334 e. The predicted molar refractivity (Wildman–Crippen MR) is 74.2 cm³/mol. The van der Waals surface area contributed by atoms with Gasteiger partial charge in [-0.05, 0) is 31.2 Å². The van der Waals surface area contributed by atoms with Crippen LogP contribution in [0.4, 0.5) is 4.39 Å². The van der Waals surface area contributed by atoms with E-state index in [1.807, 2.05) is 0 Å². The highest BCUT2D eigenvalue weighted by atomic mass is 19.1. The summed E-state index contributed by atoms with van der Waals surface area (Å²) in [5.41, 5.74) is 1.22. The molecule has 1 aromatic rings. The lowest BCUT2D eigenvalue weighted by atomic mass is 9.93. The second-order valence-corrected chi connectivity index (χ2v) is 5.52. The first kappa shape index (κ1) is 14.7. The molecule has 4 nitrogen and oxygen atoms in total. The first-order valence-corrected chi connectivity index (χ1v) is 6.83. The largest absolute Gasteiger partial charge is 0.365 e. The number of oxime groups is 1. The SMILES string of the molecule is C[C@H]1C[NH+](C)[C@@H](C)C/C1=N/OC(=O)c1ccc(F)cc1. The van der Waals surface area contributed by atoms with E-state index in [9.17, 15) is 9.18 Å². The van der Waals surface area contributed by atoms with Crippen molar-refractivity contribution in [2.45, 2.75) is 26.3 Å². The molecule has 1 saturated heterocycles. The molecule has 0 aliphatic carbocycles. The Labute approximate surface area is 118 Å². The molecule has 1 aliphatic heterocycles. The van der Waals surface area contributed by atoms with Gasteiger partial charge >= 0.3 is 5.97 Å². The van der Waals surface area contributed by atoms with Crippen LogP contribution in [0.25, 0.3) is 0 Å². The van der Waals surface area contributed by atoms with E-state index in [0.717, 1.165) is 18.7 Å². The van der Waals surface area contributed by atoms with Crippen molar-refractivity contribution in [2.24, 2.45) is 11.1 Å². The maximum atomic E-state index is 12.8. The predicted octanol–water partition coefficient (Wildman–Crippen LogP) is 1.28. The van der Waals surface area contributed by atoms with Crippen LogP contribution in [0.1, 0.15) is 30.6 Å². The first-order valence-electron chi connectivity index (χ1n) is 6.83. The molecule has 1 unspecified atom stereocenters. The van der Waals surface area contributed by atoms with Crippen molar-refractivity contribution in [1.29, 1.82) is 0 Å². The van der Waals surface area contributed by atoms with Crippen LogP contribution < -0.4 is 4.90 Å². The van der Waals surface area contributed by atoms with Crippen molar-refractivity contribution in [2.75, 3.05) is 13.6 Å². The lowest BCUT2D eigenvalue weighted by Crippen LogP contribution is -3.14. The Morgan fingerprint density at radius 1 is 1.35 bits per heavy atom. The number of nitrogens with zero attached hydrogens (tertiary/aromatic N) is 1.